The third-order valence-electron chi connectivity index (χ3n) is 3.07. The quantitative estimate of drug-likeness (QED) is 0.818. The Kier molecular flexibility index (Phi) is 3.28. The van der Waals surface area contributed by atoms with Crippen molar-refractivity contribution in [2.45, 2.75) is 6.17 Å². The number of rotatable bonds is 2. The Morgan fingerprint density at radius 3 is 2.35 bits per heavy atom. The van der Waals surface area contributed by atoms with E-state index in [0.717, 1.165) is 23.2 Å². The van der Waals surface area contributed by atoms with Gasteiger partial charge in [-0.25, -0.2) is 4.39 Å². The van der Waals surface area contributed by atoms with Crippen molar-refractivity contribution in [3.8, 4) is 11.1 Å². The zero-order valence-corrected chi connectivity index (χ0v) is 11.6. The molecule has 1 unspecified atom stereocenters. The van der Waals surface area contributed by atoms with Crippen LogP contribution in [0.2, 0.25) is 10.0 Å². The fourth-order valence-corrected chi connectivity index (χ4v) is 2.88. The van der Waals surface area contributed by atoms with Crippen LogP contribution in [0.4, 0.5) is 15.8 Å². The normalized spacial score (nSPS) is 16.2. The molecule has 0 aliphatic carbocycles. The van der Waals surface area contributed by atoms with E-state index in [1.165, 1.54) is 12.1 Å². The highest BCUT2D eigenvalue weighted by atomic mass is 35.5. The van der Waals surface area contributed by atoms with Gasteiger partial charge in [-0.15, -0.1) is 0 Å². The topological polar surface area (TPSA) is 41.1 Å². The van der Waals surface area contributed by atoms with Crippen LogP contribution in [0.15, 0.2) is 30.3 Å². The molecular formula is C14H9Cl2FN2O. The van der Waals surface area contributed by atoms with Gasteiger partial charge in [0.25, 0.3) is 0 Å². The van der Waals surface area contributed by atoms with Gasteiger partial charge in [0, 0.05) is 5.56 Å². The van der Waals surface area contributed by atoms with Crippen LogP contribution >= 0.6 is 23.2 Å². The van der Waals surface area contributed by atoms with E-state index in [9.17, 15) is 9.18 Å². The van der Waals surface area contributed by atoms with Gasteiger partial charge in [-0.3, -0.25) is 4.79 Å². The smallest absolute Gasteiger partial charge is 0.162 e. The first-order valence-corrected chi connectivity index (χ1v) is 6.61. The highest BCUT2D eigenvalue weighted by molar-refractivity contribution is 6.39. The summed E-state index contributed by atoms with van der Waals surface area (Å²) in [5.74, 6) is -0.481. The standard InChI is InChI=1S/C14H9Cl2FN2O/c15-9-4-8(17)5-10(16)14(9)7-1-2-11-12(3-7)19-13(6-20)18-11/h1-6,13,18-19H. The van der Waals surface area contributed by atoms with Crippen molar-refractivity contribution in [2.24, 2.45) is 0 Å². The number of fused-ring (bicyclic) bond motifs is 1. The highest BCUT2D eigenvalue weighted by Gasteiger charge is 2.20. The molecule has 0 saturated carbocycles. The van der Waals surface area contributed by atoms with Crippen molar-refractivity contribution in [3.63, 3.8) is 0 Å². The molecule has 2 N–H and O–H groups in total. The monoisotopic (exact) mass is 310 g/mol. The number of benzene rings is 2. The predicted molar refractivity (Wildman–Crippen MR) is 79.0 cm³/mol. The summed E-state index contributed by atoms with van der Waals surface area (Å²) in [6, 6.07) is 7.88. The number of carbonyl (C=O) groups is 1. The average Bonchev–Trinajstić information content (AvgIpc) is 2.79. The lowest BCUT2D eigenvalue weighted by Gasteiger charge is -2.09. The Balaban J connectivity index is 2.08. The number of nitrogens with one attached hydrogen (secondary N) is 2. The number of hydrogen-bond acceptors (Lipinski definition) is 3. The zero-order chi connectivity index (χ0) is 14.3. The van der Waals surface area contributed by atoms with E-state index in [1.807, 2.05) is 18.2 Å². The number of hydrogen-bond donors (Lipinski definition) is 2. The Morgan fingerprint density at radius 1 is 1.05 bits per heavy atom. The Labute approximate surface area is 124 Å². The third kappa shape index (κ3) is 2.21. The van der Waals surface area contributed by atoms with Gasteiger partial charge in [-0.2, -0.15) is 0 Å². The number of carbonyl (C=O) groups excluding carboxylic acids is 1. The van der Waals surface area contributed by atoms with Crippen molar-refractivity contribution in [2.75, 3.05) is 10.6 Å². The van der Waals surface area contributed by atoms with Crippen LogP contribution in [0.5, 0.6) is 0 Å². The minimum Gasteiger partial charge on any atom is -0.358 e. The average molecular weight is 311 g/mol. The molecule has 3 rings (SSSR count). The molecule has 0 aromatic heterocycles. The molecule has 1 aliphatic heterocycles. The van der Waals surface area contributed by atoms with Gasteiger partial charge in [0.05, 0.1) is 21.4 Å². The number of halogens is 3. The summed E-state index contributed by atoms with van der Waals surface area (Å²) in [6.45, 7) is 0. The molecule has 2 aromatic rings. The Hall–Kier alpha value is -1.78. The highest BCUT2D eigenvalue weighted by Crippen LogP contribution is 2.39. The van der Waals surface area contributed by atoms with Gasteiger partial charge in [-0.1, -0.05) is 29.3 Å². The van der Waals surface area contributed by atoms with Crippen molar-refractivity contribution in [1.29, 1.82) is 0 Å². The predicted octanol–water partition coefficient (Wildman–Crippen LogP) is 4.16. The fourth-order valence-electron chi connectivity index (χ4n) is 2.20. The summed E-state index contributed by atoms with van der Waals surface area (Å²) < 4.78 is 13.2. The van der Waals surface area contributed by atoms with Gasteiger partial charge < -0.3 is 10.6 Å². The summed E-state index contributed by atoms with van der Waals surface area (Å²) in [5.41, 5.74) is 2.91. The van der Waals surface area contributed by atoms with Crippen LogP contribution in [0, 0.1) is 5.82 Å². The lowest BCUT2D eigenvalue weighted by atomic mass is 10.0. The second kappa shape index (κ2) is 4.96. The molecule has 0 bridgehead atoms. The van der Waals surface area contributed by atoms with Gasteiger partial charge in [0.2, 0.25) is 0 Å². The first kappa shape index (κ1) is 13.2. The van der Waals surface area contributed by atoms with Crippen molar-refractivity contribution in [3.05, 3.63) is 46.2 Å². The van der Waals surface area contributed by atoms with Gasteiger partial charge in [-0.05, 0) is 29.8 Å². The van der Waals surface area contributed by atoms with Gasteiger partial charge in [0.15, 0.2) is 12.5 Å². The van der Waals surface area contributed by atoms with E-state index < -0.39 is 12.0 Å². The number of anilines is 2. The van der Waals surface area contributed by atoms with Crippen molar-refractivity contribution in [1.82, 2.24) is 0 Å². The second-order valence-electron chi connectivity index (χ2n) is 4.41. The first-order valence-electron chi connectivity index (χ1n) is 5.86. The van der Waals surface area contributed by atoms with Gasteiger partial charge in [0.1, 0.15) is 5.82 Å². The molecule has 102 valence electrons. The molecule has 20 heavy (non-hydrogen) atoms. The lowest BCUT2D eigenvalue weighted by molar-refractivity contribution is -0.107. The summed E-state index contributed by atoms with van der Waals surface area (Å²) in [7, 11) is 0. The van der Waals surface area contributed by atoms with E-state index in [-0.39, 0.29) is 10.0 Å². The molecule has 1 heterocycles. The summed E-state index contributed by atoms with van der Waals surface area (Å²) >= 11 is 12.1. The van der Waals surface area contributed by atoms with E-state index in [0.29, 0.717) is 5.56 Å². The van der Waals surface area contributed by atoms with E-state index in [1.54, 1.807) is 0 Å². The third-order valence-corrected chi connectivity index (χ3v) is 3.67. The summed E-state index contributed by atoms with van der Waals surface area (Å²) in [5, 5.41) is 6.49. The molecular weight excluding hydrogens is 302 g/mol. The molecule has 1 atom stereocenters. The lowest BCUT2D eigenvalue weighted by Crippen LogP contribution is -2.22. The zero-order valence-electron chi connectivity index (χ0n) is 10.1. The molecule has 3 nitrogen and oxygen atoms in total. The molecule has 2 aromatic carbocycles. The van der Waals surface area contributed by atoms with Crippen LogP contribution in [-0.4, -0.2) is 12.5 Å². The molecule has 0 saturated heterocycles. The molecule has 1 aliphatic rings. The Morgan fingerprint density at radius 2 is 1.70 bits per heavy atom. The summed E-state index contributed by atoms with van der Waals surface area (Å²) in [4.78, 5) is 10.8. The SMILES string of the molecule is O=CC1Nc2ccc(-c3c(Cl)cc(F)cc3Cl)cc2N1. The Bertz CT molecular complexity index is 683. The van der Waals surface area contributed by atoms with E-state index in [2.05, 4.69) is 10.6 Å². The maximum Gasteiger partial charge on any atom is 0.162 e. The van der Waals surface area contributed by atoms with Crippen LogP contribution in [0.3, 0.4) is 0 Å². The van der Waals surface area contributed by atoms with Crippen LogP contribution in [0.1, 0.15) is 0 Å². The van der Waals surface area contributed by atoms with Gasteiger partial charge >= 0.3 is 0 Å². The molecule has 0 amide bonds. The maximum absolute atomic E-state index is 13.2. The molecule has 6 heteroatoms. The van der Waals surface area contributed by atoms with Crippen LogP contribution in [-0.2, 0) is 4.79 Å². The first-order chi connectivity index (χ1) is 9.58. The minimum atomic E-state index is -0.481. The van der Waals surface area contributed by atoms with Crippen molar-refractivity contribution >= 4 is 40.9 Å². The van der Waals surface area contributed by atoms with Crippen LogP contribution < -0.4 is 10.6 Å². The van der Waals surface area contributed by atoms with E-state index in [4.69, 9.17) is 23.2 Å². The molecule has 0 spiro atoms. The molecule has 0 radical (unpaired) electrons. The largest absolute Gasteiger partial charge is 0.358 e. The van der Waals surface area contributed by atoms with Crippen LogP contribution in [0.25, 0.3) is 11.1 Å². The summed E-state index contributed by atoms with van der Waals surface area (Å²) in [6.07, 6.45) is 0.330. The second-order valence-corrected chi connectivity index (χ2v) is 5.22. The van der Waals surface area contributed by atoms with Crippen molar-refractivity contribution < 1.29 is 9.18 Å². The fraction of sp³-hybridized carbons (Fsp3) is 0.0714. The van der Waals surface area contributed by atoms with E-state index >= 15 is 0 Å². The molecule has 0 fully saturated rings. The maximum atomic E-state index is 13.2. The number of aldehydes is 1. The minimum absolute atomic E-state index is 0.243.